The van der Waals surface area contributed by atoms with Crippen molar-refractivity contribution in [2.75, 3.05) is 12.8 Å². The predicted molar refractivity (Wildman–Crippen MR) is 86.4 cm³/mol. The van der Waals surface area contributed by atoms with Crippen LogP contribution in [-0.2, 0) is 0 Å². The third-order valence-corrected chi connectivity index (χ3v) is 4.77. The Kier molecular flexibility index (Phi) is 8.03. The first-order chi connectivity index (χ1) is 8.65. The van der Waals surface area contributed by atoms with Crippen LogP contribution in [0.3, 0.4) is 0 Å². The van der Waals surface area contributed by atoms with E-state index < -0.39 is 0 Å². The molecule has 1 aromatic rings. The smallest absolute Gasteiger partial charge is 0.0186 e. The van der Waals surface area contributed by atoms with Crippen molar-refractivity contribution < 1.29 is 0 Å². The average molecular weight is 330 g/mol. The third-order valence-electron chi connectivity index (χ3n) is 3.12. The molecule has 0 aliphatic carbocycles. The van der Waals surface area contributed by atoms with Gasteiger partial charge in [0.1, 0.15) is 0 Å². The molecule has 0 saturated heterocycles. The molecule has 0 bridgehead atoms. The second-order valence-corrected chi connectivity index (χ2v) is 6.89. The van der Waals surface area contributed by atoms with Gasteiger partial charge in [-0.15, -0.1) is 11.8 Å². The van der Waals surface area contributed by atoms with Gasteiger partial charge in [-0.25, -0.2) is 0 Å². The molecule has 0 heterocycles. The summed E-state index contributed by atoms with van der Waals surface area (Å²) in [5.41, 5.74) is 0. The standard InChI is InChI=1S/C15H24BrNS/c1-4-6-12(2)9-14(17-3)11-18-15-8-5-7-13(16)10-15/h5,7-8,10,12,14,17H,4,6,9,11H2,1-3H3. The zero-order chi connectivity index (χ0) is 13.4. The summed E-state index contributed by atoms with van der Waals surface area (Å²) in [6.07, 6.45) is 3.89. The topological polar surface area (TPSA) is 12.0 Å². The highest BCUT2D eigenvalue weighted by molar-refractivity contribution is 9.10. The Morgan fingerprint density at radius 3 is 2.78 bits per heavy atom. The van der Waals surface area contributed by atoms with Gasteiger partial charge >= 0.3 is 0 Å². The van der Waals surface area contributed by atoms with Crippen LogP contribution < -0.4 is 5.32 Å². The first kappa shape index (κ1) is 16.1. The Balaban J connectivity index is 2.39. The summed E-state index contributed by atoms with van der Waals surface area (Å²) in [7, 11) is 2.07. The Labute approximate surface area is 124 Å². The molecule has 18 heavy (non-hydrogen) atoms. The molecule has 0 amide bonds. The van der Waals surface area contributed by atoms with Gasteiger partial charge in [0, 0.05) is 21.2 Å². The maximum Gasteiger partial charge on any atom is 0.0186 e. The summed E-state index contributed by atoms with van der Waals surface area (Å²) < 4.78 is 1.16. The molecule has 3 heteroatoms. The molecule has 0 saturated carbocycles. The Hall–Kier alpha value is 0.01000. The fourth-order valence-corrected chi connectivity index (χ4v) is 3.75. The molecule has 1 nitrogen and oxygen atoms in total. The molecule has 1 rings (SSSR count). The molecule has 0 fully saturated rings. The monoisotopic (exact) mass is 329 g/mol. The number of hydrogen-bond acceptors (Lipinski definition) is 2. The second kappa shape index (κ2) is 9.00. The Morgan fingerprint density at radius 2 is 2.17 bits per heavy atom. The van der Waals surface area contributed by atoms with Crippen LogP contribution in [-0.4, -0.2) is 18.8 Å². The van der Waals surface area contributed by atoms with Crippen LogP contribution in [0.5, 0.6) is 0 Å². The average Bonchev–Trinajstić information content (AvgIpc) is 2.35. The van der Waals surface area contributed by atoms with Crippen molar-refractivity contribution in [3.8, 4) is 0 Å². The van der Waals surface area contributed by atoms with E-state index in [0.29, 0.717) is 6.04 Å². The minimum absolute atomic E-state index is 0.607. The maximum atomic E-state index is 3.52. The number of benzene rings is 1. The molecule has 0 aliphatic heterocycles. The fourth-order valence-electron chi connectivity index (χ4n) is 2.12. The largest absolute Gasteiger partial charge is 0.316 e. The number of hydrogen-bond donors (Lipinski definition) is 1. The number of halogens is 1. The van der Waals surface area contributed by atoms with Crippen LogP contribution in [0.2, 0.25) is 0 Å². The van der Waals surface area contributed by atoms with Gasteiger partial charge in [-0.1, -0.05) is 48.7 Å². The lowest BCUT2D eigenvalue weighted by molar-refractivity contribution is 0.420. The maximum absolute atomic E-state index is 3.52. The van der Waals surface area contributed by atoms with Crippen molar-refractivity contribution >= 4 is 27.7 Å². The molecule has 0 radical (unpaired) electrons. The summed E-state index contributed by atoms with van der Waals surface area (Å²) in [6, 6.07) is 9.14. The SMILES string of the molecule is CCCC(C)CC(CSc1cccc(Br)c1)NC. The lowest BCUT2D eigenvalue weighted by Gasteiger charge is -2.20. The van der Waals surface area contributed by atoms with Crippen LogP contribution in [0.15, 0.2) is 33.6 Å². The molecular weight excluding hydrogens is 306 g/mol. The van der Waals surface area contributed by atoms with Crippen molar-refractivity contribution in [1.82, 2.24) is 5.32 Å². The highest BCUT2D eigenvalue weighted by Crippen LogP contribution is 2.24. The van der Waals surface area contributed by atoms with Crippen LogP contribution in [0.25, 0.3) is 0 Å². The molecule has 2 unspecified atom stereocenters. The first-order valence-corrected chi connectivity index (χ1v) is 8.49. The summed E-state index contributed by atoms with van der Waals surface area (Å²) >= 11 is 5.45. The molecule has 0 spiro atoms. The van der Waals surface area contributed by atoms with E-state index in [1.807, 2.05) is 11.8 Å². The van der Waals surface area contributed by atoms with Crippen LogP contribution in [0, 0.1) is 5.92 Å². The van der Waals surface area contributed by atoms with E-state index in [1.54, 1.807) is 0 Å². The van der Waals surface area contributed by atoms with Gasteiger partial charge in [-0.3, -0.25) is 0 Å². The van der Waals surface area contributed by atoms with Crippen molar-refractivity contribution in [2.24, 2.45) is 5.92 Å². The van der Waals surface area contributed by atoms with E-state index in [9.17, 15) is 0 Å². The summed E-state index contributed by atoms with van der Waals surface area (Å²) in [4.78, 5) is 1.34. The summed E-state index contributed by atoms with van der Waals surface area (Å²) in [5, 5.41) is 3.44. The number of nitrogens with one attached hydrogen (secondary N) is 1. The van der Waals surface area contributed by atoms with Crippen LogP contribution in [0.1, 0.15) is 33.1 Å². The van der Waals surface area contributed by atoms with E-state index in [0.717, 1.165) is 16.1 Å². The van der Waals surface area contributed by atoms with Crippen LogP contribution >= 0.6 is 27.7 Å². The highest BCUT2D eigenvalue weighted by Gasteiger charge is 2.11. The minimum atomic E-state index is 0.607. The number of thioether (sulfide) groups is 1. The fraction of sp³-hybridized carbons (Fsp3) is 0.600. The molecule has 102 valence electrons. The zero-order valence-corrected chi connectivity index (χ0v) is 14.0. The predicted octanol–water partition coefficient (Wildman–Crippen LogP) is 4.96. The van der Waals surface area contributed by atoms with Crippen molar-refractivity contribution in [1.29, 1.82) is 0 Å². The van der Waals surface area contributed by atoms with E-state index in [1.165, 1.54) is 24.2 Å². The van der Waals surface area contributed by atoms with Gasteiger partial charge in [-0.2, -0.15) is 0 Å². The molecule has 1 N–H and O–H groups in total. The molecular formula is C15H24BrNS. The zero-order valence-electron chi connectivity index (χ0n) is 11.6. The van der Waals surface area contributed by atoms with Gasteiger partial charge < -0.3 is 5.32 Å². The number of rotatable bonds is 8. The Morgan fingerprint density at radius 1 is 1.39 bits per heavy atom. The van der Waals surface area contributed by atoms with E-state index in [-0.39, 0.29) is 0 Å². The minimum Gasteiger partial charge on any atom is -0.316 e. The third kappa shape index (κ3) is 6.26. The Bertz CT molecular complexity index is 343. The molecule has 0 aliphatic rings. The second-order valence-electron chi connectivity index (χ2n) is 4.88. The van der Waals surface area contributed by atoms with Gasteiger partial charge in [0.15, 0.2) is 0 Å². The molecule has 2 atom stereocenters. The van der Waals surface area contributed by atoms with Crippen molar-refractivity contribution in [3.05, 3.63) is 28.7 Å². The van der Waals surface area contributed by atoms with Crippen molar-refractivity contribution in [3.63, 3.8) is 0 Å². The van der Waals surface area contributed by atoms with Gasteiger partial charge in [0.05, 0.1) is 0 Å². The summed E-state index contributed by atoms with van der Waals surface area (Å²) in [6.45, 7) is 4.62. The lowest BCUT2D eigenvalue weighted by Crippen LogP contribution is -2.29. The highest BCUT2D eigenvalue weighted by atomic mass is 79.9. The first-order valence-electron chi connectivity index (χ1n) is 6.71. The van der Waals surface area contributed by atoms with E-state index in [2.05, 4.69) is 66.4 Å². The quantitative estimate of drug-likeness (QED) is 0.677. The normalized spacial score (nSPS) is 14.4. The van der Waals surface area contributed by atoms with Crippen LogP contribution in [0.4, 0.5) is 0 Å². The van der Waals surface area contributed by atoms with Gasteiger partial charge in [0.25, 0.3) is 0 Å². The van der Waals surface area contributed by atoms with Crippen molar-refractivity contribution in [2.45, 2.75) is 44.0 Å². The van der Waals surface area contributed by atoms with Gasteiger partial charge in [-0.05, 0) is 37.6 Å². The van der Waals surface area contributed by atoms with E-state index in [4.69, 9.17) is 0 Å². The summed E-state index contributed by atoms with van der Waals surface area (Å²) in [5.74, 6) is 1.96. The lowest BCUT2D eigenvalue weighted by atomic mass is 9.98. The molecule has 0 aromatic heterocycles. The molecule has 1 aromatic carbocycles. The van der Waals surface area contributed by atoms with E-state index >= 15 is 0 Å². The van der Waals surface area contributed by atoms with Gasteiger partial charge in [0.2, 0.25) is 0 Å².